The van der Waals surface area contributed by atoms with Gasteiger partial charge in [-0.2, -0.15) is 0 Å². The van der Waals surface area contributed by atoms with Gasteiger partial charge in [-0.05, 0) is 37.0 Å². The zero-order valence-electron chi connectivity index (χ0n) is 12.0. The van der Waals surface area contributed by atoms with E-state index in [0.29, 0.717) is 12.3 Å². The maximum atomic E-state index is 10.4. The Labute approximate surface area is 125 Å². The fraction of sp³-hybridized carbons (Fsp3) is 0.471. The van der Waals surface area contributed by atoms with E-state index < -0.39 is 12.2 Å². The number of aliphatic hydroxyl groups excluding tert-OH is 1. The molecule has 1 aliphatic rings. The summed E-state index contributed by atoms with van der Waals surface area (Å²) in [7, 11) is 0. The number of carboxylic acid groups (broad SMARTS) is 1. The normalized spacial score (nSPS) is 16.0. The van der Waals surface area contributed by atoms with Crippen LogP contribution in [0.5, 0.6) is 0 Å². The van der Waals surface area contributed by atoms with Gasteiger partial charge in [0.1, 0.15) is 0 Å². The predicted octanol–water partition coefficient (Wildman–Crippen LogP) is 2.92. The Morgan fingerprint density at radius 2 is 2.14 bits per heavy atom. The van der Waals surface area contributed by atoms with E-state index in [0.717, 1.165) is 11.1 Å². The predicted molar refractivity (Wildman–Crippen MR) is 80.9 cm³/mol. The number of rotatable bonds is 4. The van der Waals surface area contributed by atoms with Gasteiger partial charge in [0.2, 0.25) is 0 Å². The van der Waals surface area contributed by atoms with Crippen molar-refractivity contribution in [3.63, 3.8) is 0 Å². The Bertz CT molecular complexity index is 538. The minimum atomic E-state index is -1.07. The van der Waals surface area contributed by atoms with Gasteiger partial charge in [-0.25, -0.2) is 4.79 Å². The van der Waals surface area contributed by atoms with Crippen LogP contribution in [0.1, 0.15) is 49.3 Å². The molecule has 2 rings (SSSR count). The number of hydrogen-bond acceptors (Lipinski definition) is 2. The highest BCUT2D eigenvalue weighted by Gasteiger charge is 2.12. The molecule has 1 saturated carbocycles. The second kappa shape index (κ2) is 7.70. The van der Waals surface area contributed by atoms with E-state index >= 15 is 0 Å². The first kappa shape index (κ1) is 15.4. The molecule has 0 bridgehead atoms. The van der Waals surface area contributed by atoms with Crippen molar-refractivity contribution in [3.05, 3.63) is 35.4 Å². The fourth-order valence-corrected chi connectivity index (χ4v) is 2.56. The van der Waals surface area contributed by atoms with Gasteiger partial charge < -0.3 is 15.5 Å². The van der Waals surface area contributed by atoms with Crippen molar-refractivity contribution in [1.29, 1.82) is 0 Å². The molecule has 0 aliphatic heterocycles. The molecule has 1 aromatic carbocycles. The van der Waals surface area contributed by atoms with Gasteiger partial charge in [-0.15, -0.1) is 0 Å². The van der Waals surface area contributed by atoms with Crippen LogP contribution in [0.2, 0.25) is 0 Å². The molecular weight excluding hydrogens is 266 g/mol. The van der Waals surface area contributed by atoms with Crippen molar-refractivity contribution in [2.45, 2.75) is 38.2 Å². The summed E-state index contributed by atoms with van der Waals surface area (Å²) in [5.41, 5.74) is 1.69. The van der Waals surface area contributed by atoms with Crippen molar-refractivity contribution in [3.8, 4) is 11.8 Å². The molecule has 1 unspecified atom stereocenters. The molecule has 0 radical (unpaired) electrons. The van der Waals surface area contributed by atoms with Gasteiger partial charge in [-0.3, -0.25) is 0 Å². The molecule has 0 aromatic heterocycles. The van der Waals surface area contributed by atoms with E-state index in [1.165, 1.54) is 25.7 Å². The number of nitrogens with one attached hydrogen (secondary N) is 1. The zero-order chi connectivity index (χ0) is 15.1. The summed E-state index contributed by atoms with van der Waals surface area (Å²) in [6.45, 7) is 0.231. The molecule has 0 spiro atoms. The lowest BCUT2D eigenvalue weighted by molar-refractivity contribution is 0.162. The SMILES string of the molecule is O=C(O)NCCC(O)c1cccc(C#CC2CCCC2)c1. The largest absolute Gasteiger partial charge is 0.465 e. The van der Waals surface area contributed by atoms with Crippen LogP contribution < -0.4 is 5.32 Å². The second-order valence-corrected chi connectivity index (χ2v) is 5.41. The number of hydrogen-bond donors (Lipinski definition) is 3. The standard InChI is InChI=1S/C17H21NO3/c19-16(10-11-18-17(20)21)15-7-3-6-14(12-15)9-8-13-4-1-2-5-13/h3,6-7,12-13,16,18-19H,1-2,4-5,10-11H2,(H,20,21). The molecule has 4 nitrogen and oxygen atoms in total. The topological polar surface area (TPSA) is 69.6 Å². The lowest BCUT2D eigenvalue weighted by Gasteiger charge is -2.11. The number of aliphatic hydroxyl groups is 1. The Kier molecular flexibility index (Phi) is 5.65. The van der Waals surface area contributed by atoms with Crippen molar-refractivity contribution in [1.82, 2.24) is 5.32 Å². The van der Waals surface area contributed by atoms with Gasteiger partial charge >= 0.3 is 6.09 Å². The summed E-state index contributed by atoms with van der Waals surface area (Å²) in [6.07, 6.45) is 3.53. The molecule has 21 heavy (non-hydrogen) atoms. The van der Waals surface area contributed by atoms with Crippen LogP contribution in [-0.4, -0.2) is 22.9 Å². The highest BCUT2D eigenvalue weighted by atomic mass is 16.4. The van der Waals surface area contributed by atoms with E-state index in [2.05, 4.69) is 17.2 Å². The van der Waals surface area contributed by atoms with Crippen LogP contribution in [0, 0.1) is 17.8 Å². The average Bonchev–Trinajstić information content (AvgIpc) is 2.98. The van der Waals surface area contributed by atoms with Crippen LogP contribution >= 0.6 is 0 Å². The van der Waals surface area contributed by atoms with E-state index in [1.807, 2.05) is 24.3 Å². The van der Waals surface area contributed by atoms with E-state index in [4.69, 9.17) is 5.11 Å². The minimum absolute atomic E-state index is 0.231. The van der Waals surface area contributed by atoms with Gasteiger partial charge in [-0.1, -0.05) is 36.8 Å². The Morgan fingerprint density at radius 3 is 2.86 bits per heavy atom. The third-order valence-electron chi connectivity index (χ3n) is 3.74. The van der Waals surface area contributed by atoms with E-state index in [9.17, 15) is 9.90 Å². The minimum Gasteiger partial charge on any atom is -0.465 e. The molecule has 4 heteroatoms. The molecule has 3 N–H and O–H groups in total. The summed E-state index contributed by atoms with van der Waals surface area (Å²) >= 11 is 0. The maximum Gasteiger partial charge on any atom is 0.404 e. The molecule has 112 valence electrons. The molecular formula is C17H21NO3. The van der Waals surface area contributed by atoms with Crippen molar-refractivity contribution < 1.29 is 15.0 Å². The third kappa shape index (κ3) is 5.13. The van der Waals surface area contributed by atoms with E-state index in [-0.39, 0.29) is 6.54 Å². The summed E-state index contributed by atoms with van der Waals surface area (Å²) in [4.78, 5) is 10.4. The van der Waals surface area contributed by atoms with Crippen LogP contribution in [-0.2, 0) is 0 Å². The highest BCUT2D eigenvalue weighted by molar-refractivity contribution is 5.64. The van der Waals surface area contributed by atoms with Gasteiger partial charge in [0.25, 0.3) is 0 Å². The van der Waals surface area contributed by atoms with Crippen molar-refractivity contribution in [2.75, 3.05) is 6.54 Å². The third-order valence-corrected chi connectivity index (χ3v) is 3.74. The van der Waals surface area contributed by atoms with Crippen molar-refractivity contribution >= 4 is 6.09 Å². The second-order valence-electron chi connectivity index (χ2n) is 5.41. The lowest BCUT2D eigenvalue weighted by atomic mass is 10.0. The van der Waals surface area contributed by atoms with Gasteiger partial charge in [0.05, 0.1) is 6.10 Å². The van der Waals surface area contributed by atoms with Crippen LogP contribution in [0.25, 0.3) is 0 Å². The quantitative estimate of drug-likeness (QED) is 0.746. The van der Waals surface area contributed by atoms with Crippen LogP contribution in [0.3, 0.4) is 0 Å². The summed E-state index contributed by atoms with van der Waals surface area (Å²) < 4.78 is 0. The highest BCUT2D eigenvalue weighted by Crippen LogP contribution is 2.24. The molecule has 0 saturated heterocycles. The smallest absolute Gasteiger partial charge is 0.404 e. The fourth-order valence-electron chi connectivity index (χ4n) is 2.56. The monoisotopic (exact) mass is 287 g/mol. The summed E-state index contributed by atoms with van der Waals surface area (Å²) in [5.74, 6) is 7.00. The average molecular weight is 287 g/mol. The first-order chi connectivity index (χ1) is 10.1. The van der Waals surface area contributed by atoms with Gasteiger partial charge in [0.15, 0.2) is 0 Å². The molecule has 1 aliphatic carbocycles. The molecule has 0 heterocycles. The molecule has 1 aromatic rings. The Morgan fingerprint density at radius 1 is 1.38 bits per heavy atom. The van der Waals surface area contributed by atoms with Crippen LogP contribution in [0.4, 0.5) is 4.79 Å². The summed E-state index contributed by atoms with van der Waals surface area (Å²) in [5, 5.41) is 20.8. The van der Waals surface area contributed by atoms with Crippen molar-refractivity contribution in [2.24, 2.45) is 5.92 Å². The lowest BCUT2D eigenvalue weighted by Crippen LogP contribution is -2.23. The Balaban J connectivity index is 1.94. The number of amides is 1. The van der Waals surface area contributed by atoms with Gasteiger partial charge in [0, 0.05) is 18.0 Å². The first-order valence-corrected chi connectivity index (χ1v) is 7.41. The molecule has 1 amide bonds. The summed E-state index contributed by atoms with van der Waals surface area (Å²) in [6, 6.07) is 7.54. The number of benzene rings is 1. The zero-order valence-corrected chi connectivity index (χ0v) is 12.0. The van der Waals surface area contributed by atoms with E-state index in [1.54, 1.807) is 0 Å². The Hall–Kier alpha value is -1.99. The first-order valence-electron chi connectivity index (χ1n) is 7.41. The molecule has 1 atom stereocenters. The number of carbonyl (C=O) groups is 1. The maximum absolute atomic E-state index is 10.4. The molecule has 1 fully saturated rings. The van der Waals surface area contributed by atoms with Crippen LogP contribution in [0.15, 0.2) is 24.3 Å².